The van der Waals surface area contributed by atoms with E-state index >= 15 is 0 Å². The highest BCUT2D eigenvalue weighted by Gasteiger charge is 2.45. The first-order valence-corrected chi connectivity index (χ1v) is 5.72. The van der Waals surface area contributed by atoms with Crippen molar-refractivity contribution in [3.05, 3.63) is 29.8 Å². The maximum Gasteiger partial charge on any atom is 0.426 e. The summed E-state index contributed by atoms with van der Waals surface area (Å²) in [6, 6.07) is 1.69. The van der Waals surface area contributed by atoms with Crippen LogP contribution in [-0.2, 0) is 6.18 Å². The lowest BCUT2D eigenvalue weighted by Crippen LogP contribution is -2.48. The molecule has 0 spiro atoms. The smallest absolute Gasteiger partial charge is 0.426 e. The van der Waals surface area contributed by atoms with Crippen molar-refractivity contribution in [2.24, 2.45) is 5.73 Å². The van der Waals surface area contributed by atoms with Gasteiger partial charge in [-0.1, -0.05) is 6.92 Å². The lowest BCUT2D eigenvalue weighted by molar-refractivity contribution is -0.200. The van der Waals surface area contributed by atoms with Crippen LogP contribution in [0.2, 0.25) is 0 Å². The number of benzene rings is 1. The van der Waals surface area contributed by atoms with Crippen molar-refractivity contribution in [2.45, 2.75) is 37.8 Å². The number of alkyl halides is 6. The zero-order valence-corrected chi connectivity index (χ0v) is 10.4. The van der Waals surface area contributed by atoms with Crippen LogP contribution in [0, 0.1) is 0 Å². The van der Waals surface area contributed by atoms with Crippen LogP contribution in [0.4, 0.5) is 26.3 Å². The van der Waals surface area contributed by atoms with E-state index < -0.39 is 30.1 Å². The zero-order chi connectivity index (χ0) is 15.6. The average Bonchev–Trinajstić information content (AvgIpc) is 2.33. The number of hydrogen-bond donors (Lipinski definition) is 1. The molecule has 0 fully saturated rings. The fourth-order valence-electron chi connectivity index (χ4n) is 1.48. The maximum absolute atomic E-state index is 12.7. The highest BCUT2D eigenvalue weighted by Crippen LogP contribution is 2.32. The zero-order valence-electron chi connectivity index (χ0n) is 10.4. The van der Waals surface area contributed by atoms with Gasteiger partial charge in [0.25, 0.3) is 0 Å². The van der Waals surface area contributed by atoms with Crippen LogP contribution in [0.25, 0.3) is 0 Å². The Kier molecular flexibility index (Phi) is 4.90. The van der Waals surface area contributed by atoms with Crippen molar-refractivity contribution in [3.63, 3.8) is 0 Å². The van der Waals surface area contributed by atoms with E-state index in [2.05, 4.69) is 4.74 Å². The third-order valence-corrected chi connectivity index (χ3v) is 2.63. The summed E-state index contributed by atoms with van der Waals surface area (Å²) in [4.78, 5) is 0. The van der Waals surface area contributed by atoms with Gasteiger partial charge in [0, 0.05) is 0 Å². The molecule has 0 amide bonds. The molecular weight excluding hydrogens is 288 g/mol. The first-order valence-electron chi connectivity index (χ1n) is 5.72. The van der Waals surface area contributed by atoms with Crippen molar-refractivity contribution in [1.29, 1.82) is 0 Å². The minimum Gasteiger partial charge on any atom is -0.479 e. The van der Waals surface area contributed by atoms with Crippen LogP contribution < -0.4 is 10.5 Å². The Morgan fingerprint density at radius 2 is 1.55 bits per heavy atom. The van der Waals surface area contributed by atoms with Crippen LogP contribution in [0.1, 0.15) is 18.9 Å². The molecule has 0 aliphatic heterocycles. The number of ether oxygens (including phenoxy) is 1. The summed E-state index contributed by atoms with van der Waals surface area (Å²) in [7, 11) is 0. The van der Waals surface area contributed by atoms with Gasteiger partial charge in [0.15, 0.2) is 0 Å². The summed E-state index contributed by atoms with van der Waals surface area (Å²) in [5.41, 5.74) is 4.36. The molecule has 2 unspecified atom stereocenters. The largest absolute Gasteiger partial charge is 0.479 e. The van der Waals surface area contributed by atoms with Gasteiger partial charge < -0.3 is 10.5 Å². The molecule has 0 aromatic heterocycles. The van der Waals surface area contributed by atoms with Crippen LogP contribution in [0.5, 0.6) is 5.75 Å². The third kappa shape index (κ3) is 4.29. The summed E-state index contributed by atoms with van der Waals surface area (Å²) in [6.45, 7) is 1.46. The highest BCUT2D eigenvalue weighted by atomic mass is 19.4. The highest BCUT2D eigenvalue weighted by molar-refractivity contribution is 5.29. The molecule has 2 nitrogen and oxygen atoms in total. The lowest BCUT2D eigenvalue weighted by atomic mass is 10.1. The fraction of sp³-hybridized carbons (Fsp3) is 0.500. The molecule has 2 N–H and O–H groups in total. The van der Waals surface area contributed by atoms with Gasteiger partial charge >= 0.3 is 12.4 Å². The van der Waals surface area contributed by atoms with Gasteiger partial charge in [-0.3, -0.25) is 0 Å². The predicted octanol–water partition coefficient (Wildman–Crippen LogP) is 3.75. The lowest BCUT2D eigenvalue weighted by Gasteiger charge is -2.26. The maximum atomic E-state index is 12.7. The van der Waals surface area contributed by atoms with Gasteiger partial charge in [0.2, 0.25) is 6.10 Å². The topological polar surface area (TPSA) is 35.2 Å². The Balaban J connectivity index is 2.90. The molecule has 0 aliphatic carbocycles. The number of rotatable bonds is 4. The molecule has 8 heteroatoms. The van der Waals surface area contributed by atoms with E-state index in [9.17, 15) is 26.3 Å². The van der Waals surface area contributed by atoms with Crippen LogP contribution in [0.3, 0.4) is 0 Å². The third-order valence-electron chi connectivity index (χ3n) is 2.63. The SMILES string of the molecule is CCC(N)C(Oc1ccc(C(F)(F)F)cc1)C(F)(F)F. The second kappa shape index (κ2) is 5.90. The molecule has 20 heavy (non-hydrogen) atoms. The summed E-state index contributed by atoms with van der Waals surface area (Å²) < 4.78 is 79.8. The first kappa shape index (κ1) is 16.6. The van der Waals surface area contributed by atoms with Crippen LogP contribution >= 0.6 is 0 Å². The van der Waals surface area contributed by atoms with Crippen molar-refractivity contribution >= 4 is 0 Å². The molecule has 0 heterocycles. The minimum atomic E-state index is -4.70. The monoisotopic (exact) mass is 301 g/mol. The van der Waals surface area contributed by atoms with E-state index in [0.29, 0.717) is 12.1 Å². The number of hydrogen-bond acceptors (Lipinski definition) is 2. The van der Waals surface area contributed by atoms with Crippen molar-refractivity contribution < 1.29 is 31.1 Å². The molecule has 0 saturated carbocycles. The second-order valence-electron chi connectivity index (χ2n) is 4.17. The van der Waals surface area contributed by atoms with E-state index in [0.717, 1.165) is 12.1 Å². The Morgan fingerprint density at radius 1 is 1.05 bits per heavy atom. The molecule has 1 aromatic rings. The number of nitrogens with two attached hydrogens (primary N) is 1. The minimum absolute atomic E-state index is 0.0187. The van der Waals surface area contributed by atoms with Crippen molar-refractivity contribution in [3.8, 4) is 5.75 Å². The molecule has 0 saturated heterocycles. The van der Waals surface area contributed by atoms with E-state index in [-0.39, 0.29) is 12.2 Å². The Labute approximate surface area is 111 Å². The Hall–Kier alpha value is -1.44. The van der Waals surface area contributed by atoms with E-state index in [4.69, 9.17) is 5.73 Å². The van der Waals surface area contributed by atoms with Gasteiger partial charge in [-0.2, -0.15) is 26.3 Å². The number of halogens is 6. The van der Waals surface area contributed by atoms with Gasteiger partial charge in [-0.25, -0.2) is 0 Å². The molecule has 114 valence electrons. The van der Waals surface area contributed by atoms with E-state index in [1.165, 1.54) is 6.92 Å². The molecule has 0 radical (unpaired) electrons. The van der Waals surface area contributed by atoms with E-state index in [1.807, 2.05) is 0 Å². The summed E-state index contributed by atoms with van der Waals surface area (Å²) in [6.07, 6.45) is -11.5. The van der Waals surface area contributed by atoms with Crippen LogP contribution in [-0.4, -0.2) is 18.3 Å². The van der Waals surface area contributed by atoms with Crippen LogP contribution in [0.15, 0.2) is 24.3 Å². The standard InChI is InChI=1S/C12H13F6NO/c1-2-9(19)10(12(16,17)18)20-8-5-3-7(4-6-8)11(13,14)15/h3-6,9-10H,2,19H2,1H3. The molecule has 0 aliphatic rings. The molecule has 0 bridgehead atoms. The Bertz CT molecular complexity index is 425. The summed E-state index contributed by atoms with van der Waals surface area (Å²) in [5.74, 6) is -0.316. The van der Waals surface area contributed by atoms with Crippen molar-refractivity contribution in [1.82, 2.24) is 0 Å². The Morgan fingerprint density at radius 3 is 1.90 bits per heavy atom. The predicted molar refractivity (Wildman–Crippen MR) is 60.2 cm³/mol. The quantitative estimate of drug-likeness (QED) is 0.860. The normalized spacial score (nSPS) is 15.8. The molecule has 1 aromatic carbocycles. The van der Waals surface area contributed by atoms with E-state index in [1.54, 1.807) is 0 Å². The van der Waals surface area contributed by atoms with Crippen molar-refractivity contribution in [2.75, 3.05) is 0 Å². The van der Waals surface area contributed by atoms with Gasteiger partial charge in [-0.15, -0.1) is 0 Å². The summed E-state index contributed by atoms with van der Waals surface area (Å²) >= 11 is 0. The molecular formula is C12H13F6NO. The van der Waals surface area contributed by atoms with Gasteiger partial charge in [0.1, 0.15) is 5.75 Å². The second-order valence-corrected chi connectivity index (χ2v) is 4.17. The average molecular weight is 301 g/mol. The fourth-order valence-corrected chi connectivity index (χ4v) is 1.48. The van der Waals surface area contributed by atoms with Gasteiger partial charge in [-0.05, 0) is 30.7 Å². The summed E-state index contributed by atoms with van der Waals surface area (Å²) in [5, 5.41) is 0. The molecule has 1 rings (SSSR count). The van der Waals surface area contributed by atoms with Gasteiger partial charge in [0.05, 0.1) is 11.6 Å². The first-order chi connectivity index (χ1) is 9.05. The molecule has 2 atom stereocenters.